The van der Waals surface area contributed by atoms with Crippen molar-refractivity contribution in [1.82, 2.24) is 20.5 Å². The van der Waals surface area contributed by atoms with Crippen LogP contribution in [-0.4, -0.2) is 47.0 Å². The fourth-order valence-electron chi connectivity index (χ4n) is 2.53. The lowest BCUT2D eigenvalue weighted by atomic mass is 10.1. The number of benzene rings is 1. The minimum atomic E-state index is -0.949. The van der Waals surface area contributed by atoms with Gasteiger partial charge in [-0.1, -0.05) is 18.2 Å². The molecule has 0 bridgehead atoms. The van der Waals surface area contributed by atoms with Gasteiger partial charge in [-0.15, -0.1) is 10.2 Å². The van der Waals surface area contributed by atoms with Crippen molar-refractivity contribution in [3.05, 3.63) is 65.9 Å². The third kappa shape index (κ3) is 4.60. The minimum Gasteiger partial charge on any atom is -0.481 e. The van der Waals surface area contributed by atoms with E-state index in [0.717, 1.165) is 5.56 Å². The Morgan fingerprint density at radius 3 is 2.54 bits per heavy atom. The van der Waals surface area contributed by atoms with Gasteiger partial charge in [0, 0.05) is 29.8 Å². The van der Waals surface area contributed by atoms with Crippen LogP contribution in [0.5, 0.6) is 11.8 Å². The molecule has 28 heavy (non-hydrogen) atoms. The molecule has 8 heteroatoms. The first-order valence-electron chi connectivity index (χ1n) is 8.56. The molecule has 1 unspecified atom stereocenters. The van der Waals surface area contributed by atoms with Crippen LogP contribution >= 0.6 is 0 Å². The van der Waals surface area contributed by atoms with Crippen LogP contribution in [0.15, 0.2) is 54.6 Å². The standard InChI is InChI=1S/C20H20N4O4/c1-27-18-8-4-7-16(22-18)17(25)12-21-20(26)14-6-3-5-13(11-14)15-9-10-19(28-2)24-23-15/h3-11,17,25H,12H2,1-2H3,(H,21,26). The quantitative estimate of drug-likeness (QED) is 0.646. The van der Waals surface area contributed by atoms with Gasteiger partial charge in [-0.25, -0.2) is 4.98 Å². The summed E-state index contributed by atoms with van der Waals surface area (Å²) in [6, 6.07) is 15.5. The molecular weight excluding hydrogens is 360 g/mol. The summed E-state index contributed by atoms with van der Waals surface area (Å²) >= 11 is 0. The van der Waals surface area contributed by atoms with Crippen LogP contribution < -0.4 is 14.8 Å². The Bertz CT molecular complexity index is 947. The average Bonchev–Trinajstić information content (AvgIpc) is 2.77. The van der Waals surface area contributed by atoms with Crippen molar-refractivity contribution in [2.24, 2.45) is 0 Å². The van der Waals surface area contributed by atoms with Crippen molar-refractivity contribution in [1.29, 1.82) is 0 Å². The van der Waals surface area contributed by atoms with E-state index >= 15 is 0 Å². The van der Waals surface area contributed by atoms with Gasteiger partial charge in [0.05, 0.1) is 25.6 Å². The molecule has 2 heterocycles. The summed E-state index contributed by atoms with van der Waals surface area (Å²) in [5.74, 6) is 0.499. The highest BCUT2D eigenvalue weighted by atomic mass is 16.5. The number of aliphatic hydroxyl groups excluding tert-OH is 1. The van der Waals surface area contributed by atoms with Crippen molar-refractivity contribution in [3.8, 4) is 23.0 Å². The number of aromatic nitrogens is 3. The molecule has 0 aliphatic rings. The highest BCUT2D eigenvalue weighted by Gasteiger charge is 2.13. The van der Waals surface area contributed by atoms with Crippen LogP contribution in [0, 0.1) is 0 Å². The number of rotatable bonds is 7. The lowest BCUT2D eigenvalue weighted by Gasteiger charge is -2.12. The number of pyridine rings is 1. The highest BCUT2D eigenvalue weighted by Crippen LogP contribution is 2.19. The lowest BCUT2D eigenvalue weighted by molar-refractivity contribution is 0.0914. The maximum Gasteiger partial charge on any atom is 0.251 e. The summed E-state index contributed by atoms with van der Waals surface area (Å²) in [6.45, 7) is 0.0194. The van der Waals surface area contributed by atoms with E-state index in [2.05, 4.69) is 20.5 Å². The number of nitrogens with one attached hydrogen (secondary N) is 1. The number of amides is 1. The van der Waals surface area contributed by atoms with Crippen LogP contribution in [0.25, 0.3) is 11.3 Å². The summed E-state index contributed by atoms with van der Waals surface area (Å²) in [7, 11) is 3.02. The Balaban J connectivity index is 1.67. The second-order valence-electron chi connectivity index (χ2n) is 5.87. The molecule has 0 radical (unpaired) electrons. The SMILES string of the molecule is COc1ccc(-c2cccc(C(=O)NCC(O)c3cccc(OC)n3)c2)nn1. The first-order chi connectivity index (χ1) is 13.6. The van der Waals surface area contributed by atoms with Crippen molar-refractivity contribution < 1.29 is 19.4 Å². The topological polar surface area (TPSA) is 106 Å². The van der Waals surface area contributed by atoms with Gasteiger partial charge in [0.2, 0.25) is 11.8 Å². The normalized spacial score (nSPS) is 11.5. The third-order valence-corrected chi connectivity index (χ3v) is 4.02. The Kier molecular flexibility index (Phi) is 6.13. The summed E-state index contributed by atoms with van der Waals surface area (Å²) in [6.07, 6.45) is -0.949. The van der Waals surface area contributed by atoms with Gasteiger partial charge in [0.15, 0.2) is 0 Å². The van der Waals surface area contributed by atoms with Gasteiger partial charge in [-0.3, -0.25) is 4.79 Å². The van der Waals surface area contributed by atoms with Gasteiger partial charge in [-0.05, 0) is 24.3 Å². The number of hydrogen-bond acceptors (Lipinski definition) is 7. The number of ether oxygens (including phenoxy) is 2. The minimum absolute atomic E-state index is 0.0194. The molecule has 8 nitrogen and oxygen atoms in total. The zero-order chi connectivity index (χ0) is 19.9. The van der Waals surface area contributed by atoms with Crippen LogP contribution in [0.4, 0.5) is 0 Å². The van der Waals surface area contributed by atoms with E-state index in [1.807, 2.05) is 6.07 Å². The molecule has 0 fully saturated rings. The second kappa shape index (κ2) is 8.92. The highest BCUT2D eigenvalue weighted by molar-refractivity contribution is 5.95. The Hall–Kier alpha value is -3.52. The van der Waals surface area contributed by atoms with E-state index < -0.39 is 6.10 Å². The van der Waals surface area contributed by atoms with E-state index in [1.165, 1.54) is 14.2 Å². The molecule has 2 N–H and O–H groups in total. The summed E-state index contributed by atoms with van der Waals surface area (Å²) < 4.78 is 10.0. The molecule has 144 valence electrons. The lowest BCUT2D eigenvalue weighted by Crippen LogP contribution is -2.28. The Labute approximate surface area is 162 Å². The van der Waals surface area contributed by atoms with Gasteiger partial charge < -0.3 is 19.9 Å². The summed E-state index contributed by atoms with van der Waals surface area (Å²) in [4.78, 5) is 16.6. The molecule has 1 atom stereocenters. The maximum absolute atomic E-state index is 12.5. The smallest absolute Gasteiger partial charge is 0.251 e. The fourth-order valence-corrected chi connectivity index (χ4v) is 2.53. The molecule has 0 saturated carbocycles. The molecule has 2 aromatic heterocycles. The number of nitrogens with zero attached hydrogens (tertiary/aromatic N) is 3. The second-order valence-corrected chi connectivity index (χ2v) is 5.87. The van der Waals surface area contributed by atoms with Gasteiger partial charge in [0.25, 0.3) is 5.91 Å². The first-order valence-corrected chi connectivity index (χ1v) is 8.56. The van der Waals surface area contributed by atoms with Gasteiger partial charge in [-0.2, -0.15) is 0 Å². The Morgan fingerprint density at radius 1 is 1.04 bits per heavy atom. The van der Waals surface area contributed by atoms with Crippen molar-refractivity contribution in [2.45, 2.75) is 6.10 Å². The zero-order valence-electron chi connectivity index (χ0n) is 15.5. The molecule has 1 amide bonds. The molecular formula is C20H20N4O4. The third-order valence-electron chi connectivity index (χ3n) is 4.02. The molecule has 3 rings (SSSR count). The summed E-state index contributed by atoms with van der Waals surface area (Å²) in [5, 5.41) is 21.0. The summed E-state index contributed by atoms with van der Waals surface area (Å²) in [5.41, 5.74) is 2.23. The van der Waals surface area contributed by atoms with Crippen molar-refractivity contribution in [3.63, 3.8) is 0 Å². The van der Waals surface area contributed by atoms with Gasteiger partial charge >= 0.3 is 0 Å². The number of carbonyl (C=O) groups is 1. The molecule has 0 aliphatic carbocycles. The number of carbonyl (C=O) groups excluding carboxylic acids is 1. The van der Waals surface area contributed by atoms with E-state index in [1.54, 1.807) is 48.5 Å². The zero-order valence-corrected chi connectivity index (χ0v) is 15.5. The van der Waals surface area contributed by atoms with Crippen LogP contribution in [0.3, 0.4) is 0 Å². The largest absolute Gasteiger partial charge is 0.481 e. The molecule has 1 aromatic carbocycles. The molecule has 0 aliphatic heterocycles. The van der Waals surface area contributed by atoms with E-state index in [-0.39, 0.29) is 12.5 Å². The maximum atomic E-state index is 12.5. The fraction of sp³-hybridized carbons (Fsp3) is 0.200. The molecule has 0 saturated heterocycles. The molecule has 0 spiro atoms. The van der Waals surface area contributed by atoms with E-state index in [9.17, 15) is 9.90 Å². The van der Waals surface area contributed by atoms with Crippen LogP contribution in [0.1, 0.15) is 22.2 Å². The van der Waals surface area contributed by atoms with Crippen LogP contribution in [-0.2, 0) is 0 Å². The van der Waals surface area contributed by atoms with Crippen molar-refractivity contribution in [2.75, 3.05) is 20.8 Å². The van der Waals surface area contributed by atoms with Crippen molar-refractivity contribution >= 4 is 5.91 Å². The number of methoxy groups -OCH3 is 2. The van der Waals surface area contributed by atoms with Crippen LogP contribution in [0.2, 0.25) is 0 Å². The predicted octanol–water partition coefficient (Wildman–Crippen LogP) is 2.02. The number of aliphatic hydroxyl groups is 1. The average molecular weight is 380 g/mol. The number of hydrogen-bond donors (Lipinski definition) is 2. The molecule has 3 aromatic rings. The van der Waals surface area contributed by atoms with E-state index in [4.69, 9.17) is 9.47 Å². The first kappa shape index (κ1) is 19.2. The predicted molar refractivity (Wildman–Crippen MR) is 102 cm³/mol. The van der Waals surface area contributed by atoms with Gasteiger partial charge in [0.1, 0.15) is 6.10 Å². The van der Waals surface area contributed by atoms with E-state index in [0.29, 0.717) is 28.7 Å². The monoisotopic (exact) mass is 380 g/mol. The Morgan fingerprint density at radius 2 is 1.82 bits per heavy atom.